The molecule has 1 fully saturated rings. The van der Waals surface area contributed by atoms with Crippen LogP contribution in [-0.4, -0.2) is 43.5 Å². The monoisotopic (exact) mass is 525 g/mol. The minimum Gasteiger partial charge on any atom is -0.497 e. The van der Waals surface area contributed by atoms with Gasteiger partial charge in [-0.3, -0.25) is 0 Å². The number of carboxylic acids is 1. The second-order valence-corrected chi connectivity index (χ2v) is 9.54. The molecule has 1 unspecified atom stereocenters. The number of carboxylic acid groups (broad SMARTS) is 1. The number of aromatic carboxylic acids is 1. The lowest BCUT2D eigenvalue weighted by Gasteiger charge is -2.20. The third-order valence-corrected chi connectivity index (χ3v) is 6.69. The summed E-state index contributed by atoms with van der Waals surface area (Å²) in [7, 11) is 3.14. The zero-order chi connectivity index (χ0) is 27.2. The predicted molar refractivity (Wildman–Crippen MR) is 151 cm³/mol. The van der Waals surface area contributed by atoms with Gasteiger partial charge in [0, 0.05) is 11.5 Å². The average Bonchev–Trinajstić information content (AvgIpc) is 3.80. The van der Waals surface area contributed by atoms with Gasteiger partial charge in [-0.15, -0.1) is 0 Å². The Balaban J connectivity index is 1.34. The van der Waals surface area contributed by atoms with Gasteiger partial charge in [0.15, 0.2) is 0 Å². The predicted octanol–water partition coefficient (Wildman–Crippen LogP) is 6.67. The van der Waals surface area contributed by atoms with Crippen LogP contribution in [0.4, 0.5) is 0 Å². The summed E-state index contributed by atoms with van der Waals surface area (Å²) in [6.45, 7) is 0.827. The minimum atomic E-state index is -1.08. The highest BCUT2D eigenvalue weighted by atomic mass is 16.5. The lowest BCUT2D eigenvalue weighted by atomic mass is 10.1. The molecule has 1 heterocycles. The Morgan fingerprint density at radius 3 is 2.51 bits per heavy atom. The molecule has 0 radical (unpaired) electrons. The topological polar surface area (TPSA) is 87.1 Å². The first kappa shape index (κ1) is 26.3. The van der Waals surface area contributed by atoms with E-state index in [1.807, 2.05) is 60.7 Å². The summed E-state index contributed by atoms with van der Waals surface area (Å²) in [5.74, 6) is 1.00. The largest absolute Gasteiger partial charge is 0.497 e. The van der Waals surface area contributed by atoms with Crippen molar-refractivity contribution in [3.63, 3.8) is 0 Å². The molecular weight excluding hydrogens is 494 g/mol. The molecule has 0 bridgehead atoms. The molecule has 0 spiro atoms. The zero-order valence-corrected chi connectivity index (χ0v) is 22.0. The zero-order valence-electron chi connectivity index (χ0n) is 22.0. The molecule has 39 heavy (non-hydrogen) atoms. The van der Waals surface area contributed by atoms with Gasteiger partial charge >= 0.3 is 5.97 Å². The molecule has 0 amide bonds. The summed E-state index contributed by atoms with van der Waals surface area (Å²) in [6.07, 6.45) is 5.98. The minimum absolute atomic E-state index is 0.0486. The molecular formula is C32H31NO6. The molecule has 1 saturated carbocycles. The van der Waals surface area contributed by atoms with Crippen molar-refractivity contribution in [2.75, 3.05) is 27.4 Å². The molecule has 1 aliphatic carbocycles. The van der Waals surface area contributed by atoms with Gasteiger partial charge < -0.3 is 24.1 Å². The molecule has 1 aromatic heterocycles. The van der Waals surface area contributed by atoms with E-state index >= 15 is 0 Å². The van der Waals surface area contributed by atoms with Crippen LogP contribution in [0.1, 0.15) is 46.1 Å². The van der Waals surface area contributed by atoms with Gasteiger partial charge in [0.2, 0.25) is 0 Å². The number of nitrogens with zero attached hydrogens (tertiary/aromatic N) is 1. The van der Waals surface area contributed by atoms with Crippen LogP contribution >= 0.6 is 0 Å². The van der Waals surface area contributed by atoms with E-state index in [0.717, 1.165) is 33.5 Å². The highest BCUT2D eigenvalue weighted by molar-refractivity contribution is 5.91. The summed E-state index contributed by atoms with van der Waals surface area (Å²) in [6, 6.07) is 22.7. The first-order chi connectivity index (χ1) is 19.0. The van der Waals surface area contributed by atoms with Crippen LogP contribution in [0.3, 0.4) is 0 Å². The van der Waals surface area contributed by atoms with E-state index in [0.29, 0.717) is 18.3 Å². The maximum absolute atomic E-state index is 11.8. The molecule has 1 N–H and O–H groups in total. The molecule has 0 saturated heterocycles. The van der Waals surface area contributed by atoms with Gasteiger partial charge in [0.25, 0.3) is 0 Å². The van der Waals surface area contributed by atoms with Crippen LogP contribution in [0.15, 0.2) is 72.8 Å². The summed E-state index contributed by atoms with van der Waals surface area (Å²) < 4.78 is 22.8. The maximum atomic E-state index is 11.8. The third-order valence-electron chi connectivity index (χ3n) is 6.69. The van der Waals surface area contributed by atoms with E-state index in [9.17, 15) is 9.90 Å². The van der Waals surface area contributed by atoms with Crippen molar-refractivity contribution >= 4 is 29.0 Å². The fraction of sp³-hybridized carbons (Fsp3) is 0.250. The van der Waals surface area contributed by atoms with E-state index in [-0.39, 0.29) is 24.0 Å². The maximum Gasteiger partial charge on any atom is 0.339 e. The summed E-state index contributed by atoms with van der Waals surface area (Å²) in [5, 5.41) is 10.7. The molecule has 0 aliphatic heterocycles. The first-order valence-corrected chi connectivity index (χ1v) is 12.9. The Morgan fingerprint density at radius 2 is 1.74 bits per heavy atom. The number of hydrogen-bond acceptors (Lipinski definition) is 6. The van der Waals surface area contributed by atoms with Crippen molar-refractivity contribution in [1.29, 1.82) is 0 Å². The Bertz CT molecular complexity index is 1490. The number of rotatable bonds is 12. The molecule has 3 aromatic carbocycles. The summed E-state index contributed by atoms with van der Waals surface area (Å²) in [4.78, 5) is 16.5. The second-order valence-electron chi connectivity index (χ2n) is 9.54. The highest BCUT2D eigenvalue weighted by Gasteiger charge is 2.25. The van der Waals surface area contributed by atoms with Crippen LogP contribution in [0.25, 0.3) is 23.1 Å². The number of pyridine rings is 1. The van der Waals surface area contributed by atoms with Gasteiger partial charge in [-0.25, -0.2) is 9.78 Å². The lowest BCUT2D eigenvalue weighted by molar-refractivity contribution is 0.0128. The fourth-order valence-corrected chi connectivity index (χ4v) is 4.25. The number of methoxy groups -OCH3 is 2. The quantitative estimate of drug-likeness (QED) is 0.221. The van der Waals surface area contributed by atoms with Crippen LogP contribution < -0.4 is 14.2 Å². The Morgan fingerprint density at radius 1 is 0.974 bits per heavy atom. The summed E-state index contributed by atoms with van der Waals surface area (Å²) >= 11 is 0. The Hall–Kier alpha value is -4.36. The van der Waals surface area contributed by atoms with E-state index in [1.54, 1.807) is 19.2 Å². The average molecular weight is 526 g/mol. The number of benzene rings is 3. The van der Waals surface area contributed by atoms with Crippen LogP contribution in [0.5, 0.6) is 17.2 Å². The van der Waals surface area contributed by atoms with Crippen molar-refractivity contribution in [3.8, 4) is 17.2 Å². The van der Waals surface area contributed by atoms with Crippen molar-refractivity contribution < 1.29 is 28.8 Å². The number of ether oxygens (including phenoxy) is 4. The molecule has 4 aromatic rings. The SMILES string of the molecule is COc1ccc(OCC(OCC2CC2)c2cccc(/C=C/c3ccc4ccc(OC)cc4n3)c2)c(C(=O)O)c1. The van der Waals surface area contributed by atoms with E-state index in [4.69, 9.17) is 23.9 Å². The molecule has 1 aliphatic rings. The van der Waals surface area contributed by atoms with Crippen molar-refractivity contribution in [2.45, 2.75) is 18.9 Å². The number of hydrogen-bond donors (Lipinski definition) is 1. The van der Waals surface area contributed by atoms with Gasteiger partial charge in [-0.2, -0.15) is 0 Å². The van der Waals surface area contributed by atoms with E-state index in [2.05, 4.69) is 6.07 Å². The van der Waals surface area contributed by atoms with Crippen molar-refractivity contribution in [1.82, 2.24) is 4.98 Å². The molecule has 7 heteroatoms. The molecule has 200 valence electrons. The molecule has 7 nitrogen and oxygen atoms in total. The van der Waals surface area contributed by atoms with E-state index < -0.39 is 5.97 Å². The number of carbonyl (C=O) groups is 1. The first-order valence-electron chi connectivity index (χ1n) is 12.9. The Kier molecular flexibility index (Phi) is 8.08. The smallest absolute Gasteiger partial charge is 0.339 e. The van der Waals surface area contributed by atoms with Gasteiger partial charge in [-0.05, 0) is 78.4 Å². The molecule has 5 rings (SSSR count). The van der Waals surface area contributed by atoms with Crippen molar-refractivity contribution in [3.05, 3.63) is 95.2 Å². The van der Waals surface area contributed by atoms with Gasteiger partial charge in [-0.1, -0.05) is 30.3 Å². The highest BCUT2D eigenvalue weighted by Crippen LogP contribution is 2.32. The lowest BCUT2D eigenvalue weighted by Crippen LogP contribution is -2.16. The van der Waals surface area contributed by atoms with Gasteiger partial charge in [0.05, 0.1) is 32.0 Å². The fourth-order valence-electron chi connectivity index (χ4n) is 4.25. The van der Waals surface area contributed by atoms with Crippen LogP contribution in [0, 0.1) is 5.92 Å². The summed E-state index contributed by atoms with van der Waals surface area (Å²) in [5.41, 5.74) is 3.71. The van der Waals surface area contributed by atoms with E-state index in [1.165, 1.54) is 26.0 Å². The van der Waals surface area contributed by atoms with Crippen LogP contribution in [0.2, 0.25) is 0 Å². The Labute approximate surface area is 227 Å². The standard InChI is InChI=1S/C32H31NO6/c1-36-26-14-15-30(28(17-26)32(34)35)39-20-31(38-19-22-6-7-22)24-5-3-4-21(16-24)8-11-25-12-9-23-10-13-27(37-2)18-29(23)33-25/h3-5,8-18,22,31H,6-7,19-20H2,1-2H3,(H,34,35)/b11-8+. The molecule has 1 atom stereocenters. The second kappa shape index (κ2) is 12.0. The third kappa shape index (κ3) is 6.75. The number of fused-ring (bicyclic) bond motifs is 1. The van der Waals surface area contributed by atoms with Crippen molar-refractivity contribution in [2.24, 2.45) is 5.92 Å². The number of aromatic nitrogens is 1. The van der Waals surface area contributed by atoms with Gasteiger partial charge in [0.1, 0.15) is 35.5 Å². The van der Waals surface area contributed by atoms with Crippen LogP contribution in [-0.2, 0) is 4.74 Å². The normalized spacial score (nSPS) is 13.9.